The summed E-state index contributed by atoms with van der Waals surface area (Å²) in [6.45, 7) is 5.12. The maximum absolute atomic E-state index is 12.6. The second-order valence-electron chi connectivity index (χ2n) is 6.73. The Morgan fingerprint density at radius 3 is 2.85 bits per heavy atom. The summed E-state index contributed by atoms with van der Waals surface area (Å²) in [5.74, 6) is 0.259. The van der Waals surface area contributed by atoms with E-state index in [1.165, 1.54) is 0 Å². The van der Waals surface area contributed by atoms with E-state index in [-0.39, 0.29) is 5.91 Å². The summed E-state index contributed by atoms with van der Waals surface area (Å²) in [6, 6.07) is 7.26. The monoisotopic (exact) mass is 349 g/mol. The lowest BCUT2D eigenvalue weighted by molar-refractivity contribution is 0.102. The molecule has 1 N–H and O–H groups in total. The van der Waals surface area contributed by atoms with E-state index < -0.39 is 0 Å². The molecule has 0 aliphatic heterocycles. The maximum atomic E-state index is 12.6. The number of benzene rings is 1. The summed E-state index contributed by atoms with van der Waals surface area (Å²) in [4.78, 5) is 21.3. The number of aryl methyl sites for hydroxylation is 1. The van der Waals surface area contributed by atoms with Crippen LogP contribution in [0, 0.1) is 5.92 Å². The minimum atomic E-state index is -0.235. The predicted molar refractivity (Wildman–Crippen MR) is 98.8 cm³/mol. The van der Waals surface area contributed by atoms with E-state index in [0.29, 0.717) is 22.7 Å². The van der Waals surface area contributed by atoms with Crippen molar-refractivity contribution in [3.05, 3.63) is 42.4 Å². The summed E-state index contributed by atoms with van der Waals surface area (Å²) < 4.78 is 3.69. The van der Waals surface area contributed by atoms with Gasteiger partial charge in [-0.25, -0.2) is 14.6 Å². The highest BCUT2D eigenvalue weighted by molar-refractivity contribution is 6.06. The zero-order chi connectivity index (χ0) is 18.3. The molecule has 0 unspecified atom stereocenters. The van der Waals surface area contributed by atoms with E-state index in [1.54, 1.807) is 29.3 Å². The molecule has 0 aliphatic rings. The van der Waals surface area contributed by atoms with Gasteiger partial charge >= 0.3 is 0 Å². The summed E-state index contributed by atoms with van der Waals surface area (Å²) >= 11 is 0. The number of pyridine rings is 1. The molecule has 0 radical (unpaired) electrons. The van der Waals surface area contributed by atoms with Crippen LogP contribution < -0.4 is 5.32 Å². The van der Waals surface area contributed by atoms with E-state index in [4.69, 9.17) is 0 Å². The average Bonchev–Trinajstić information content (AvgIpc) is 3.18. The lowest BCUT2D eigenvalue weighted by atomic mass is 10.2. The molecule has 0 fully saturated rings. The Morgan fingerprint density at radius 2 is 2.04 bits per heavy atom. The quantitative estimate of drug-likeness (QED) is 0.611. The second kappa shape index (κ2) is 6.21. The van der Waals surface area contributed by atoms with Crippen molar-refractivity contribution in [2.45, 2.75) is 20.4 Å². The number of nitrogens with one attached hydrogen (secondary N) is 1. The molecule has 4 aromatic rings. The third-order valence-electron chi connectivity index (χ3n) is 4.15. The van der Waals surface area contributed by atoms with Crippen molar-refractivity contribution in [3.63, 3.8) is 0 Å². The Balaban J connectivity index is 1.58. The van der Waals surface area contributed by atoms with Crippen LogP contribution in [-0.2, 0) is 13.6 Å². The summed E-state index contributed by atoms with van der Waals surface area (Å²) in [5.41, 5.74) is 4.26. The zero-order valence-electron chi connectivity index (χ0n) is 14.8. The summed E-state index contributed by atoms with van der Waals surface area (Å²) in [5, 5.41) is 10.9. The van der Waals surface area contributed by atoms with Gasteiger partial charge in [-0.1, -0.05) is 19.1 Å². The standard InChI is InChI=1S/C18H19N7O/c1-11(2)9-25-10-20-15-6-12(8-19-17(15)25)18(26)21-13-4-5-16-14(7-13)22-23-24(16)3/h4-8,10-11H,9H2,1-3H3,(H,21,26). The van der Waals surface area contributed by atoms with Crippen LogP contribution in [0.4, 0.5) is 5.69 Å². The summed E-state index contributed by atoms with van der Waals surface area (Å²) in [6.07, 6.45) is 3.35. The number of nitrogens with zero attached hydrogens (tertiary/aromatic N) is 6. The molecule has 0 saturated heterocycles. The first-order valence-electron chi connectivity index (χ1n) is 8.43. The Hall–Kier alpha value is -3.29. The van der Waals surface area contributed by atoms with Gasteiger partial charge in [0.25, 0.3) is 5.91 Å². The lowest BCUT2D eigenvalue weighted by Gasteiger charge is -2.07. The van der Waals surface area contributed by atoms with Crippen molar-refractivity contribution in [2.24, 2.45) is 13.0 Å². The third kappa shape index (κ3) is 2.90. The highest BCUT2D eigenvalue weighted by atomic mass is 16.1. The molecule has 132 valence electrons. The predicted octanol–water partition coefficient (Wildman–Crippen LogP) is 2.62. The van der Waals surface area contributed by atoms with Gasteiger partial charge in [0.1, 0.15) is 11.0 Å². The van der Waals surface area contributed by atoms with Gasteiger partial charge in [-0.15, -0.1) is 5.10 Å². The summed E-state index contributed by atoms with van der Waals surface area (Å²) in [7, 11) is 1.83. The topological polar surface area (TPSA) is 90.5 Å². The van der Waals surface area contributed by atoms with Crippen molar-refractivity contribution < 1.29 is 4.79 Å². The number of rotatable bonds is 4. The number of amides is 1. The van der Waals surface area contributed by atoms with Crippen LogP contribution in [0.3, 0.4) is 0 Å². The van der Waals surface area contributed by atoms with Crippen LogP contribution >= 0.6 is 0 Å². The van der Waals surface area contributed by atoms with E-state index in [2.05, 4.69) is 39.4 Å². The fourth-order valence-electron chi connectivity index (χ4n) is 2.92. The average molecular weight is 349 g/mol. The first-order valence-corrected chi connectivity index (χ1v) is 8.43. The van der Waals surface area contributed by atoms with Crippen molar-refractivity contribution in [3.8, 4) is 0 Å². The van der Waals surface area contributed by atoms with Crippen LogP contribution in [0.1, 0.15) is 24.2 Å². The second-order valence-corrected chi connectivity index (χ2v) is 6.73. The number of fused-ring (bicyclic) bond motifs is 2. The van der Waals surface area contributed by atoms with Crippen LogP contribution in [0.15, 0.2) is 36.8 Å². The van der Waals surface area contributed by atoms with Gasteiger partial charge in [-0.05, 0) is 30.2 Å². The SMILES string of the molecule is CC(C)Cn1cnc2cc(C(=O)Nc3ccc4c(c3)nnn4C)cnc21. The lowest BCUT2D eigenvalue weighted by Crippen LogP contribution is -2.12. The minimum absolute atomic E-state index is 0.235. The van der Waals surface area contributed by atoms with Crippen LogP contribution in [0.25, 0.3) is 22.2 Å². The van der Waals surface area contributed by atoms with E-state index in [9.17, 15) is 4.79 Å². The Bertz CT molecular complexity index is 1110. The third-order valence-corrected chi connectivity index (χ3v) is 4.15. The molecular formula is C18H19N7O. The maximum Gasteiger partial charge on any atom is 0.257 e. The molecule has 0 atom stereocenters. The van der Waals surface area contributed by atoms with Crippen molar-refractivity contribution >= 4 is 33.8 Å². The number of carbonyl (C=O) groups is 1. The van der Waals surface area contributed by atoms with Gasteiger partial charge in [-0.3, -0.25) is 4.79 Å². The Labute approximate surface area is 149 Å². The molecule has 26 heavy (non-hydrogen) atoms. The van der Waals surface area contributed by atoms with Crippen LogP contribution in [-0.4, -0.2) is 35.4 Å². The van der Waals surface area contributed by atoms with E-state index in [1.807, 2.05) is 23.7 Å². The van der Waals surface area contributed by atoms with Gasteiger partial charge in [0, 0.05) is 25.5 Å². The molecule has 0 bridgehead atoms. The molecule has 3 aromatic heterocycles. The molecule has 1 aromatic carbocycles. The smallest absolute Gasteiger partial charge is 0.257 e. The molecule has 4 rings (SSSR count). The van der Waals surface area contributed by atoms with Gasteiger partial charge in [-0.2, -0.15) is 0 Å². The van der Waals surface area contributed by atoms with Gasteiger partial charge in [0.2, 0.25) is 0 Å². The number of anilines is 1. The zero-order valence-corrected chi connectivity index (χ0v) is 14.8. The number of hydrogen-bond donors (Lipinski definition) is 1. The van der Waals surface area contributed by atoms with Gasteiger partial charge in [0.05, 0.1) is 17.4 Å². The first-order chi connectivity index (χ1) is 12.5. The molecule has 1 amide bonds. The number of imidazole rings is 1. The molecule has 8 heteroatoms. The Morgan fingerprint density at radius 1 is 1.19 bits per heavy atom. The highest BCUT2D eigenvalue weighted by Crippen LogP contribution is 2.18. The molecule has 3 heterocycles. The van der Waals surface area contributed by atoms with E-state index in [0.717, 1.165) is 23.2 Å². The van der Waals surface area contributed by atoms with Crippen LogP contribution in [0.2, 0.25) is 0 Å². The van der Waals surface area contributed by atoms with Gasteiger partial charge in [0.15, 0.2) is 5.65 Å². The molecule has 0 saturated carbocycles. The first kappa shape index (κ1) is 16.2. The fraction of sp³-hybridized carbons (Fsp3) is 0.278. The van der Waals surface area contributed by atoms with E-state index >= 15 is 0 Å². The Kier molecular flexibility index (Phi) is 3.87. The van der Waals surface area contributed by atoms with Gasteiger partial charge < -0.3 is 9.88 Å². The van der Waals surface area contributed by atoms with Crippen molar-refractivity contribution in [2.75, 3.05) is 5.32 Å². The normalized spacial score (nSPS) is 11.5. The molecule has 0 spiro atoms. The number of hydrogen-bond acceptors (Lipinski definition) is 5. The minimum Gasteiger partial charge on any atom is -0.322 e. The van der Waals surface area contributed by atoms with Crippen molar-refractivity contribution in [1.82, 2.24) is 29.5 Å². The fourth-order valence-corrected chi connectivity index (χ4v) is 2.92. The highest BCUT2D eigenvalue weighted by Gasteiger charge is 2.12. The largest absolute Gasteiger partial charge is 0.322 e. The van der Waals surface area contributed by atoms with Crippen LogP contribution in [0.5, 0.6) is 0 Å². The van der Waals surface area contributed by atoms with Crippen molar-refractivity contribution in [1.29, 1.82) is 0 Å². The molecular weight excluding hydrogens is 330 g/mol. The number of carbonyl (C=O) groups excluding carboxylic acids is 1. The molecule has 0 aliphatic carbocycles. The molecule has 8 nitrogen and oxygen atoms in total. The number of aromatic nitrogens is 6.